The number of methoxy groups -OCH3 is 1. The maximum absolute atomic E-state index is 12.0. The fraction of sp³-hybridized carbons (Fsp3) is 0.929. The van der Waals surface area contributed by atoms with Gasteiger partial charge >= 0.3 is 0 Å². The maximum Gasteiger partial charge on any atom is 0.225 e. The highest BCUT2D eigenvalue weighted by atomic mass is 16.5. The zero-order valence-electron chi connectivity index (χ0n) is 12.5. The van der Waals surface area contributed by atoms with Crippen molar-refractivity contribution in [3.8, 4) is 0 Å². The number of amides is 1. The first-order chi connectivity index (χ1) is 8.25. The van der Waals surface area contributed by atoms with Gasteiger partial charge in [-0.05, 0) is 13.3 Å². The molecule has 0 saturated carbocycles. The predicted molar refractivity (Wildman–Crippen MR) is 73.4 cm³/mol. The van der Waals surface area contributed by atoms with Gasteiger partial charge in [-0.1, -0.05) is 40.0 Å². The SMILES string of the molecule is CCCCCC(C)(C)C(=O)NCC(C)(O)COC. The van der Waals surface area contributed by atoms with Crippen LogP contribution in [0.1, 0.15) is 53.4 Å². The van der Waals surface area contributed by atoms with Gasteiger partial charge in [0, 0.05) is 19.1 Å². The number of nitrogens with one attached hydrogen (secondary N) is 1. The molecule has 0 saturated heterocycles. The van der Waals surface area contributed by atoms with Crippen LogP contribution in [0.25, 0.3) is 0 Å². The van der Waals surface area contributed by atoms with E-state index in [-0.39, 0.29) is 24.5 Å². The Morgan fingerprint density at radius 1 is 1.28 bits per heavy atom. The molecule has 0 radical (unpaired) electrons. The van der Waals surface area contributed by atoms with Gasteiger partial charge in [-0.3, -0.25) is 4.79 Å². The minimum absolute atomic E-state index is 0.00465. The second kappa shape index (κ2) is 7.74. The van der Waals surface area contributed by atoms with Gasteiger partial charge in [0.1, 0.15) is 5.60 Å². The Balaban J connectivity index is 4.14. The summed E-state index contributed by atoms with van der Waals surface area (Å²) < 4.78 is 4.90. The maximum atomic E-state index is 12.0. The van der Waals surface area contributed by atoms with Crippen LogP contribution in [0.5, 0.6) is 0 Å². The quantitative estimate of drug-likeness (QED) is 0.623. The minimum atomic E-state index is -1.01. The van der Waals surface area contributed by atoms with E-state index in [1.54, 1.807) is 6.92 Å². The molecule has 0 aromatic heterocycles. The van der Waals surface area contributed by atoms with E-state index in [1.807, 2.05) is 13.8 Å². The molecule has 0 fully saturated rings. The minimum Gasteiger partial charge on any atom is -0.386 e. The Morgan fingerprint density at radius 3 is 2.39 bits per heavy atom. The van der Waals surface area contributed by atoms with Crippen LogP contribution in [-0.4, -0.2) is 36.9 Å². The van der Waals surface area contributed by atoms with Gasteiger partial charge in [-0.15, -0.1) is 0 Å². The van der Waals surface area contributed by atoms with Gasteiger partial charge in [0.25, 0.3) is 0 Å². The van der Waals surface area contributed by atoms with E-state index >= 15 is 0 Å². The van der Waals surface area contributed by atoms with E-state index < -0.39 is 5.60 Å². The van der Waals surface area contributed by atoms with Crippen molar-refractivity contribution in [1.82, 2.24) is 5.32 Å². The fourth-order valence-electron chi connectivity index (χ4n) is 1.80. The van der Waals surface area contributed by atoms with Crippen molar-refractivity contribution >= 4 is 5.91 Å². The topological polar surface area (TPSA) is 58.6 Å². The van der Waals surface area contributed by atoms with Crippen LogP contribution in [0.2, 0.25) is 0 Å². The van der Waals surface area contributed by atoms with Crippen LogP contribution in [0.4, 0.5) is 0 Å². The molecule has 0 aromatic rings. The van der Waals surface area contributed by atoms with E-state index in [1.165, 1.54) is 7.11 Å². The molecule has 0 spiro atoms. The molecule has 4 nitrogen and oxygen atoms in total. The average molecular weight is 259 g/mol. The average Bonchev–Trinajstić information content (AvgIpc) is 2.26. The third-order valence-corrected chi connectivity index (χ3v) is 3.11. The van der Waals surface area contributed by atoms with Gasteiger partial charge in [0.05, 0.1) is 6.61 Å². The van der Waals surface area contributed by atoms with Crippen LogP contribution in [0, 0.1) is 5.41 Å². The number of aliphatic hydroxyl groups is 1. The van der Waals surface area contributed by atoms with Crippen LogP contribution in [-0.2, 0) is 9.53 Å². The van der Waals surface area contributed by atoms with E-state index in [9.17, 15) is 9.90 Å². The Hall–Kier alpha value is -0.610. The molecular weight excluding hydrogens is 230 g/mol. The summed E-state index contributed by atoms with van der Waals surface area (Å²) in [5.74, 6) is -0.00465. The summed E-state index contributed by atoms with van der Waals surface area (Å²) in [4.78, 5) is 12.0. The normalized spacial score (nSPS) is 15.2. The number of unbranched alkanes of at least 4 members (excludes halogenated alkanes) is 2. The third-order valence-electron chi connectivity index (χ3n) is 3.11. The predicted octanol–water partition coefficient (Wildman–Crippen LogP) is 2.11. The number of ether oxygens (including phenoxy) is 1. The lowest BCUT2D eigenvalue weighted by Gasteiger charge is -2.27. The molecule has 0 rings (SSSR count). The molecule has 108 valence electrons. The molecule has 0 bridgehead atoms. The van der Waals surface area contributed by atoms with Crippen molar-refractivity contribution in [2.24, 2.45) is 5.41 Å². The molecule has 0 aromatic carbocycles. The van der Waals surface area contributed by atoms with Crippen molar-refractivity contribution < 1.29 is 14.6 Å². The summed E-state index contributed by atoms with van der Waals surface area (Å²) in [5, 5.41) is 12.7. The molecule has 0 aliphatic carbocycles. The monoisotopic (exact) mass is 259 g/mol. The zero-order chi connectivity index (χ0) is 14.2. The van der Waals surface area contributed by atoms with Crippen molar-refractivity contribution in [1.29, 1.82) is 0 Å². The summed E-state index contributed by atoms with van der Waals surface area (Å²) in [5.41, 5.74) is -1.39. The first-order valence-electron chi connectivity index (χ1n) is 6.75. The number of carbonyl (C=O) groups is 1. The first kappa shape index (κ1) is 17.4. The van der Waals surface area contributed by atoms with Gasteiger partial charge < -0.3 is 15.2 Å². The Morgan fingerprint density at radius 2 is 1.89 bits per heavy atom. The lowest BCUT2D eigenvalue weighted by atomic mass is 9.85. The molecule has 1 amide bonds. The van der Waals surface area contributed by atoms with Crippen molar-refractivity contribution in [3.63, 3.8) is 0 Å². The molecular formula is C14H29NO3. The van der Waals surface area contributed by atoms with Crippen molar-refractivity contribution in [2.75, 3.05) is 20.3 Å². The van der Waals surface area contributed by atoms with Crippen LogP contribution in [0.15, 0.2) is 0 Å². The lowest BCUT2D eigenvalue weighted by molar-refractivity contribution is -0.131. The molecule has 18 heavy (non-hydrogen) atoms. The molecule has 2 N–H and O–H groups in total. The zero-order valence-corrected chi connectivity index (χ0v) is 12.5. The van der Waals surface area contributed by atoms with E-state index in [4.69, 9.17) is 4.74 Å². The second-order valence-electron chi connectivity index (χ2n) is 5.95. The highest BCUT2D eigenvalue weighted by molar-refractivity contribution is 5.81. The van der Waals surface area contributed by atoms with E-state index in [2.05, 4.69) is 12.2 Å². The highest BCUT2D eigenvalue weighted by Crippen LogP contribution is 2.24. The smallest absolute Gasteiger partial charge is 0.225 e. The van der Waals surface area contributed by atoms with Gasteiger partial charge in [-0.25, -0.2) is 0 Å². The van der Waals surface area contributed by atoms with Gasteiger partial charge in [-0.2, -0.15) is 0 Å². The number of hydrogen-bond acceptors (Lipinski definition) is 3. The van der Waals surface area contributed by atoms with Gasteiger partial charge in [0.15, 0.2) is 0 Å². The summed E-state index contributed by atoms with van der Waals surface area (Å²) in [7, 11) is 1.53. The molecule has 0 heterocycles. The molecule has 0 aliphatic heterocycles. The standard InChI is InChI=1S/C14H29NO3/c1-6-7-8-9-13(2,3)12(16)15-10-14(4,17)11-18-5/h17H,6-11H2,1-5H3,(H,15,16). The van der Waals surface area contributed by atoms with Crippen molar-refractivity contribution in [3.05, 3.63) is 0 Å². The van der Waals surface area contributed by atoms with Crippen molar-refractivity contribution in [2.45, 2.75) is 59.0 Å². The fourth-order valence-corrected chi connectivity index (χ4v) is 1.80. The lowest BCUT2D eigenvalue weighted by Crippen LogP contribution is -2.47. The summed E-state index contributed by atoms with van der Waals surface area (Å²) in [6.45, 7) is 8.13. The Bertz CT molecular complexity index is 249. The summed E-state index contributed by atoms with van der Waals surface area (Å²) >= 11 is 0. The number of carbonyl (C=O) groups excluding carboxylic acids is 1. The highest BCUT2D eigenvalue weighted by Gasteiger charge is 2.29. The van der Waals surface area contributed by atoms with Crippen LogP contribution < -0.4 is 5.32 Å². The first-order valence-corrected chi connectivity index (χ1v) is 6.75. The second-order valence-corrected chi connectivity index (χ2v) is 5.95. The Kier molecular flexibility index (Phi) is 7.48. The molecule has 4 heteroatoms. The van der Waals surface area contributed by atoms with E-state index in [0.717, 1.165) is 25.7 Å². The summed E-state index contributed by atoms with van der Waals surface area (Å²) in [6, 6.07) is 0. The number of rotatable bonds is 9. The largest absolute Gasteiger partial charge is 0.386 e. The summed E-state index contributed by atoms with van der Waals surface area (Å²) in [6.07, 6.45) is 4.24. The molecule has 0 aliphatic rings. The molecule has 1 atom stereocenters. The van der Waals surface area contributed by atoms with Crippen LogP contribution >= 0.6 is 0 Å². The third kappa shape index (κ3) is 6.97. The van der Waals surface area contributed by atoms with E-state index in [0.29, 0.717) is 0 Å². The Labute approximate surface area is 111 Å². The van der Waals surface area contributed by atoms with Gasteiger partial charge in [0.2, 0.25) is 5.91 Å². The molecule has 1 unspecified atom stereocenters. The number of hydrogen-bond donors (Lipinski definition) is 2. The van der Waals surface area contributed by atoms with Crippen LogP contribution in [0.3, 0.4) is 0 Å².